The van der Waals surface area contributed by atoms with Gasteiger partial charge in [0.05, 0.1) is 15.2 Å². The Morgan fingerprint density at radius 3 is 2.42 bits per heavy atom. The lowest BCUT2D eigenvalue weighted by atomic mass is 10.1. The number of halogens is 3. The van der Waals surface area contributed by atoms with E-state index in [4.69, 9.17) is 27.9 Å². The van der Waals surface area contributed by atoms with Crippen LogP contribution in [0.25, 0.3) is 6.08 Å². The molecule has 0 heterocycles. The molecule has 0 aliphatic carbocycles. The summed E-state index contributed by atoms with van der Waals surface area (Å²) in [5, 5.41) is 15.7. The van der Waals surface area contributed by atoms with E-state index >= 15 is 0 Å². The predicted octanol–water partition coefficient (Wildman–Crippen LogP) is 6.32. The summed E-state index contributed by atoms with van der Waals surface area (Å²) in [6.45, 7) is -0.230. The van der Waals surface area contributed by atoms with E-state index in [2.05, 4.69) is 26.6 Å². The molecule has 0 aromatic heterocycles. The third-order valence-electron chi connectivity index (χ3n) is 4.24. The minimum Gasteiger partial charge on any atom is -0.483 e. The molecule has 0 atom stereocenters. The van der Waals surface area contributed by atoms with Crippen molar-refractivity contribution in [2.24, 2.45) is 0 Å². The third-order valence-corrected chi connectivity index (χ3v) is 5.44. The van der Waals surface area contributed by atoms with Crippen molar-refractivity contribution in [3.63, 3.8) is 0 Å². The first-order valence-electron chi connectivity index (χ1n) is 9.51. The smallest absolute Gasteiger partial charge is 0.266 e. The molecule has 0 bridgehead atoms. The van der Waals surface area contributed by atoms with Crippen LogP contribution in [0.5, 0.6) is 5.75 Å². The number of nitriles is 1. The van der Waals surface area contributed by atoms with Crippen LogP contribution in [0.3, 0.4) is 0 Å². The Morgan fingerprint density at radius 1 is 1.03 bits per heavy atom. The van der Waals surface area contributed by atoms with Gasteiger partial charge in [0.1, 0.15) is 17.4 Å². The van der Waals surface area contributed by atoms with Crippen LogP contribution < -0.4 is 15.4 Å². The lowest BCUT2D eigenvalue weighted by Gasteiger charge is -2.10. The molecule has 0 aliphatic rings. The van der Waals surface area contributed by atoms with E-state index < -0.39 is 5.91 Å². The van der Waals surface area contributed by atoms with Crippen LogP contribution in [0.4, 0.5) is 11.4 Å². The molecule has 166 valence electrons. The van der Waals surface area contributed by atoms with Crippen LogP contribution >= 0.6 is 39.1 Å². The number of anilines is 2. The average molecular weight is 545 g/mol. The second-order valence-corrected chi connectivity index (χ2v) is 8.34. The standard InChI is InChI=1S/C24H16BrCl2N3O3/c25-19-12-15(11-16(13-28)24(32)29-18-8-6-17(26)7-9-18)5-10-22(19)33-14-23(31)30-21-4-2-1-3-20(21)27/h1-12H,14H2,(H,29,32)(H,30,31)/b16-11-. The van der Waals surface area contributed by atoms with Crippen molar-refractivity contribution in [2.45, 2.75) is 0 Å². The fourth-order valence-electron chi connectivity index (χ4n) is 2.66. The van der Waals surface area contributed by atoms with E-state index in [0.29, 0.717) is 37.2 Å². The minimum absolute atomic E-state index is 0.0790. The minimum atomic E-state index is -0.549. The first-order chi connectivity index (χ1) is 15.9. The lowest BCUT2D eigenvalue weighted by molar-refractivity contribution is -0.118. The van der Waals surface area contributed by atoms with Gasteiger partial charge in [0, 0.05) is 10.7 Å². The van der Waals surface area contributed by atoms with Crippen LogP contribution in [0.2, 0.25) is 10.0 Å². The van der Waals surface area contributed by atoms with Gasteiger partial charge in [0.25, 0.3) is 11.8 Å². The molecule has 6 nitrogen and oxygen atoms in total. The number of ether oxygens (including phenoxy) is 1. The number of rotatable bonds is 7. The number of hydrogen-bond acceptors (Lipinski definition) is 4. The van der Waals surface area contributed by atoms with E-state index in [1.807, 2.05) is 6.07 Å². The second-order valence-electron chi connectivity index (χ2n) is 6.64. The molecule has 0 saturated carbocycles. The van der Waals surface area contributed by atoms with Crippen molar-refractivity contribution in [1.82, 2.24) is 0 Å². The first kappa shape index (κ1) is 24.3. The molecular weight excluding hydrogens is 529 g/mol. The van der Waals surface area contributed by atoms with E-state index in [-0.39, 0.29) is 18.1 Å². The Hall–Kier alpha value is -3.31. The summed E-state index contributed by atoms with van der Waals surface area (Å²) in [5.41, 5.74) is 1.53. The van der Waals surface area contributed by atoms with E-state index in [9.17, 15) is 14.9 Å². The summed E-state index contributed by atoms with van der Waals surface area (Å²) in [6.07, 6.45) is 1.45. The van der Waals surface area contributed by atoms with Gasteiger partial charge in [0.15, 0.2) is 6.61 Å². The van der Waals surface area contributed by atoms with Crippen molar-refractivity contribution < 1.29 is 14.3 Å². The zero-order chi connectivity index (χ0) is 23.8. The van der Waals surface area contributed by atoms with Crippen molar-refractivity contribution >= 4 is 68.4 Å². The Bertz CT molecular complexity index is 1250. The zero-order valence-electron chi connectivity index (χ0n) is 16.9. The highest BCUT2D eigenvalue weighted by molar-refractivity contribution is 9.10. The number of nitrogens with zero attached hydrogens (tertiary/aromatic N) is 1. The normalized spacial score (nSPS) is 10.8. The summed E-state index contributed by atoms with van der Waals surface area (Å²) in [6, 6.07) is 20.3. The molecule has 3 rings (SSSR count). The topological polar surface area (TPSA) is 91.2 Å². The highest BCUT2D eigenvalue weighted by atomic mass is 79.9. The summed E-state index contributed by atoms with van der Waals surface area (Å²) in [7, 11) is 0. The summed E-state index contributed by atoms with van der Waals surface area (Å²) < 4.78 is 6.11. The van der Waals surface area contributed by atoms with Gasteiger partial charge in [-0.05, 0) is 76.1 Å². The molecule has 2 N–H and O–H groups in total. The average Bonchev–Trinajstić information content (AvgIpc) is 2.80. The van der Waals surface area contributed by atoms with Crippen LogP contribution in [0.1, 0.15) is 5.56 Å². The van der Waals surface area contributed by atoms with Gasteiger partial charge < -0.3 is 15.4 Å². The maximum absolute atomic E-state index is 12.4. The van der Waals surface area contributed by atoms with Gasteiger partial charge in [-0.3, -0.25) is 9.59 Å². The molecule has 3 aromatic carbocycles. The maximum atomic E-state index is 12.4. The summed E-state index contributed by atoms with van der Waals surface area (Å²) in [5.74, 6) is -0.497. The number of para-hydroxylation sites is 1. The Balaban J connectivity index is 1.63. The van der Waals surface area contributed by atoms with Gasteiger partial charge in [-0.25, -0.2) is 0 Å². The fourth-order valence-corrected chi connectivity index (χ4v) is 3.48. The highest BCUT2D eigenvalue weighted by Gasteiger charge is 2.12. The summed E-state index contributed by atoms with van der Waals surface area (Å²) in [4.78, 5) is 24.5. The SMILES string of the molecule is N#C/C(=C/c1ccc(OCC(=O)Nc2ccccc2Cl)c(Br)c1)C(=O)Nc1ccc(Cl)cc1. The number of carbonyl (C=O) groups excluding carboxylic acids is 2. The molecule has 0 saturated heterocycles. The van der Waals surface area contributed by atoms with Crippen LogP contribution in [0.15, 0.2) is 76.8 Å². The quantitative estimate of drug-likeness (QED) is 0.269. The molecule has 0 aliphatic heterocycles. The largest absolute Gasteiger partial charge is 0.483 e. The number of hydrogen-bond donors (Lipinski definition) is 2. The van der Waals surface area contributed by atoms with E-state index in [0.717, 1.165) is 0 Å². The van der Waals surface area contributed by atoms with Crippen molar-refractivity contribution in [1.29, 1.82) is 5.26 Å². The predicted molar refractivity (Wildman–Crippen MR) is 133 cm³/mol. The number of amides is 2. The summed E-state index contributed by atoms with van der Waals surface area (Å²) >= 11 is 15.2. The molecule has 0 fully saturated rings. The molecule has 0 radical (unpaired) electrons. The molecular formula is C24H16BrCl2N3O3. The van der Waals surface area contributed by atoms with Gasteiger partial charge in [-0.15, -0.1) is 0 Å². The van der Waals surface area contributed by atoms with Crippen LogP contribution in [-0.2, 0) is 9.59 Å². The van der Waals surface area contributed by atoms with Crippen molar-refractivity contribution in [2.75, 3.05) is 17.2 Å². The number of benzene rings is 3. The van der Waals surface area contributed by atoms with Crippen molar-refractivity contribution in [3.8, 4) is 11.8 Å². The van der Waals surface area contributed by atoms with Gasteiger partial charge in [-0.2, -0.15) is 5.26 Å². The highest BCUT2D eigenvalue weighted by Crippen LogP contribution is 2.27. The van der Waals surface area contributed by atoms with Gasteiger partial charge in [-0.1, -0.05) is 41.4 Å². The lowest BCUT2D eigenvalue weighted by Crippen LogP contribution is -2.20. The van der Waals surface area contributed by atoms with Gasteiger partial charge >= 0.3 is 0 Å². The molecule has 9 heteroatoms. The number of carbonyl (C=O) groups is 2. The number of nitrogens with one attached hydrogen (secondary N) is 2. The fraction of sp³-hybridized carbons (Fsp3) is 0.0417. The molecule has 0 unspecified atom stereocenters. The van der Waals surface area contributed by atoms with E-state index in [1.165, 1.54) is 6.08 Å². The molecule has 2 amide bonds. The van der Waals surface area contributed by atoms with E-state index in [1.54, 1.807) is 66.7 Å². The Morgan fingerprint density at radius 2 is 1.76 bits per heavy atom. The first-order valence-corrected chi connectivity index (χ1v) is 11.1. The third kappa shape index (κ3) is 7.09. The molecule has 3 aromatic rings. The Labute approximate surface area is 208 Å². The van der Waals surface area contributed by atoms with Crippen LogP contribution in [-0.4, -0.2) is 18.4 Å². The zero-order valence-corrected chi connectivity index (χ0v) is 20.0. The monoisotopic (exact) mass is 543 g/mol. The van der Waals surface area contributed by atoms with Crippen LogP contribution in [0, 0.1) is 11.3 Å². The Kier molecular flexibility index (Phi) is 8.50. The molecule has 0 spiro atoms. The maximum Gasteiger partial charge on any atom is 0.266 e. The van der Waals surface area contributed by atoms with Gasteiger partial charge in [0.2, 0.25) is 0 Å². The van der Waals surface area contributed by atoms with Crippen molar-refractivity contribution in [3.05, 3.63) is 92.4 Å². The molecule has 33 heavy (non-hydrogen) atoms. The second kappa shape index (κ2) is 11.5.